The van der Waals surface area contributed by atoms with Crippen LogP contribution in [-0.2, 0) is 11.3 Å². The van der Waals surface area contributed by atoms with E-state index >= 15 is 0 Å². The first-order valence-corrected chi connectivity index (χ1v) is 10.3. The van der Waals surface area contributed by atoms with Gasteiger partial charge in [0.2, 0.25) is 0 Å². The number of nitrogens with zero attached hydrogens (tertiary/aromatic N) is 3. The average molecular weight is 557 g/mol. The standard InChI is InChI=1S/C19H26Cl2N4OS.HI/c1-12(17-15(20)7-6-8-16(17)21)9-23-19(22-3)25(4)10-14-11-27-18(24-14)13(2)26-5;/h6-8,11-13H,9-10H2,1-5H3,(H,22,23);1H. The van der Waals surface area contributed by atoms with Crippen LogP contribution in [0.2, 0.25) is 10.0 Å². The molecule has 28 heavy (non-hydrogen) atoms. The number of halogens is 3. The summed E-state index contributed by atoms with van der Waals surface area (Å²) in [7, 11) is 5.45. The summed E-state index contributed by atoms with van der Waals surface area (Å²) in [6.07, 6.45) is 0.00714. The van der Waals surface area contributed by atoms with Crippen LogP contribution in [0.3, 0.4) is 0 Å². The van der Waals surface area contributed by atoms with Crippen molar-refractivity contribution in [1.82, 2.24) is 15.2 Å². The van der Waals surface area contributed by atoms with Crippen LogP contribution < -0.4 is 5.32 Å². The molecular weight excluding hydrogens is 530 g/mol. The molecule has 0 aliphatic rings. The Morgan fingerprint density at radius 3 is 2.54 bits per heavy atom. The Balaban J connectivity index is 0.00000392. The van der Waals surface area contributed by atoms with E-state index in [0.717, 1.165) is 22.2 Å². The topological polar surface area (TPSA) is 49.8 Å². The van der Waals surface area contributed by atoms with Crippen LogP contribution in [0.25, 0.3) is 0 Å². The maximum absolute atomic E-state index is 6.31. The predicted molar refractivity (Wildman–Crippen MR) is 131 cm³/mol. The summed E-state index contributed by atoms with van der Waals surface area (Å²) in [6, 6.07) is 5.58. The monoisotopic (exact) mass is 556 g/mol. The van der Waals surface area contributed by atoms with Crippen molar-refractivity contribution in [3.05, 3.63) is 49.9 Å². The number of hydrogen-bond acceptors (Lipinski definition) is 4. The van der Waals surface area contributed by atoms with Crippen LogP contribution in [0.1, 0.15) is 42.1 Å². The molecule has 1 aromatic carbocycles. The van der Waals surface area contributed by atoms with E-state index in [4.69, 9.17) is 27.9 Å². The Hall–Kier alpha value is -0.610. The lowest BCUT2D eigenvalue weighted by Gasteiger charge is -2.23. The number of guanidine groups is 1. The summed E-state index contributed by atoms with van der Waals surface area (Å²) < 4.78 is 5.33. The lowest BCUT2D eigenvalue weighted by molar-refractivity contribution is 0.119. The lowest BCUT2D eigenvalue weighted by Crippen LogP contribution is -2.40. The fourth-order valence-electron chi connectivity index (χ4n) is 2.71. The molecule has 2 atom stereocenters. The molecule has 2 unspecified atom stereocenters. The van der Waals surface area contributed by atoms with E-state index in [9.17, 15) is 0 Å². The van der Waals surface area contributed by atoms with Gasteiger partial charge in [0.1, 0.15) is 11.1 Å². The second-order valence-corrected chi connectivity index (χ2v) is 8.08. The highest BCUT2D eigenvalue weighted by molar-refractivity contribution is 14.0. The first-order chi connectivity index (χ1) is 12.9. The zero-order chi connectivity index (χ0) is 20.0. The maximum Gasteiger partial charge on any atom is 0.193 e. The smallest absolute Gasteiger partial charge is 0.193 e. The molecule has 1 aromatic heterocycles. The maximum atomic E-state index is 6.31. The third-order valence-electron chi connectivity index (χ3n) is 4.30. The van der Waals surface area contributed by atoms with Gasteiger partial charge < -0.3 is 15.0 Å². The quantitative estimate of drug-likeness (QED) is 0.274. The lowest BCUT2D eigenvalue weighted by atomic mass is 10.0. The molecule has 156 valence electrons. The average Bonchev–Trinajstić information content (AvgIpc) is 3.09. The van der Waals surface area contributed by atoms with Crippen molar-refractivity contribution in [2.75, 3.05) is 27.7 Å². The van der Waals surface area contributed by atoms with Gasteiger partial charge in [0, 0.05) is 49.1 Å². The summed E-state index contributed by atoms with van der Waals surface area (Å²) in [5.74, 6) is 0.934. The number of methoxy groups -OCH3 is 1. The SMILES string of the molecule is CN=C(NCC(C)c1c(Cl)cccc1Cl)N(C)Cc1csc(C(C)OC)n1.I. The van der Waals surface area contributed by atoms with E-state index in [1.54, 1.807) is 25.5 Å². The van der Waals surface area contributed by atoms with Gasteiger partial charge in [0.25, 0.3) is 0 Å². The molecule has 2 aromatic rings. The van der Waals surface area contributed by atoms with Crippen LogP contribution in [0.4, 0.5) is 0 Å². The number of aliphatic imine (C=N–C) groups is 1. The number of benzene rings is 1. The van der Waals surface area contributed by atoms with Crippen LogP contribution in [0, 0.1) is 0 Å². The van der Waals surface area contributed by atoms with Gasteiger partial charge in [0.15, 0.2) is 5.96 Å². The molecule has 0 aliphatic heterocycles. The van der Waals surface area contributed by atoms with Crippen molar-refractivity contribution in [3.8, 4) is 0 Å². The van der Waals surface area contributed by atoms with Gasteiger partial charge in [-0.15, -0.1) is 35.3 Å². The minimum absolute atomic E-state index is 0. The third-order valence-corrected chi connectivity index (χ3v) is 6.02. The minimum Gasteiger partial charge on any atom is -0.375 e. The molecule has 0 saturated heterocycles. The summed E-state index contributed by atoms with van der Waals surface area (Å²) in [4.78, 5) is 11.0. The highest BCUT2D eigenvalue weighted by Gasteiger charge is 2.16. The van der Waals surface area contributed by atoms with E-state index in [2.05, 4.69) is 27.6 Å². The van der Waals surface area contributed by atoms with Crippen molar-refractivity contribution in [1.29, 1.82) is 0 Å². The molecule has 1 heterocycles. The van der Waals surface area contributed by atoms with Gasteiger partial charge >= 0.3 is 0 Å². The van der Waals surface area contributed by atoms with Gasteiger partial charge in [-0.1, -0.05) is 36.2 Å². The number of rotatable bonds is 7. The highest BCUT2D eigenvalue weighted by atomic mass is 127. The summed E-state index contributed by atoms with van der Waals surface area (Å²) in [5.41, 5.74) is 1.94. The molecule has 0 radical (unpaired) electrons. The van der Waals surface area contributed by atoms with Crippen LogP contribution in [0.5, 0.6) is 0 Å². The van der Waals surface area contributed by atoms with E-state index in [0.29, 0.717) is 23.1 Å². The van der Waals surface area contributed by atoms with E-state index < -0.39 is 0 Å². The second-order valence-electron chi connectivity index (χ2n) is 6.38. The summed E-state index contributed by atoms with van der Waals surface area (Å²) >= 11 is 14.2. The Labute approximate surface area is 198 Å². The van der Waals surface area contributed by atoms with Crippen LogP contribution in [0.15, 0.2) is 28.6 Å². The molecule has 1 N–H and O–H groups in total. The number of aromatic nitrogens is 1. The second kappa shape index (κ2) is 12.2. The number of ether oxygens (including phenoxy) is 1. The largest absolute Gasteiger partial charge is 0.375 e. The highest BCUT2D eigenvalue weighted by Crippen LogP contribution is 2.31. The van der Waals surface area contributed by atoms with Crippen LogP contribution >= 0.6 is 58.5 Å². The molecule has 0 amide bonds. The molecule has 0 spiro atoms. The van der Waals surface area contributed by atoms with Crippen molar-refractivity contribution in [2.45, 2.75) is 32.4 Å². The molecular formula is C19H27Cl2IN4OS. The number of hydrogen-bond donors (Lipinski definition) is 1. The Bertz CT molecular complexity index is 767. The molecule has 2 rings (SSSR count). The predicted octanol–water partition coefficient (Wildman–Crippen LogP) is 5.59. The first-order valence-electron chi connectivity index (χ1n) is 8.70. The van der Waals surface area contributed by atoms with Gasteiger partial charge in [-0.05, 0) is 24.6 Å². The third kappa shape index (κ3) is 6.73. The molecule has 5 nitrogen and oxygen atoms in total. The Kier molecular flexibility index (Phi) is 11.1. The van der Waals surface area contributed by atoms with E-state index in [-0.39, 0.29) is 36.0 Å². The Morgan fingerprint density at radius 2 is 1.96 bits per heavy atom. The summed E-state index contributed by atoms with van der Waals surface area (Å²) in [5, 5.41) is 7.79. The molecule has 0 bridgehead atoms. The van der Waals surface area contributed by atoms with Gasteiger partial charge in [0.05, 0.1) is 12.2 Å². The van der Waals surface area contributed by atoms with Gasteiger partial charge in [-0.3, -0.25) is 4.99 Å². The van der Waals surface area contributed by atoms with Crippen molar-refractivity contribution < 1.29 is 4.74 Å². The van der Waals surface area contributed by atoms with Crippen molar-refractivity contribution in [2.24, 2.45) is 4.99 Å². The minimum atomic E-state index is 0. The van der Waals surface area contributed by atoms with Gasteiger partial charge in [-0.25, -0.2) is 4.98 Å². The number of nitrogens with one attached hydrogen (secondary N) is 1. The normalized spacial score (nSPS) is 13.6. The first kappa shape index (κ1) is 25.4. The van der Waals surface area contributed by atoms with Crippen LogP contribution in [-0.4, -0.2) is 43.6 Å². The molecule has 0 saturated carbocycles. The van der Waals surface area contributed by atoms with Crippen molar-refractivity contribution >= 4 is 64.5 Å². The van der Waals surface area contributed by atoms with Crippen molar-refractivity contribution in [3.63, 3.8) is 0 Å². The van der Waals surface area contributed by atoms with E-state index in [1.165, 1.54) is 0 Å². The fourth-order valence-corrected chi connectivity index (χ4v) is 4.33. The number of thiazole rings is 1. The zero-order valence-corrected chi connectivity index (χ0v) is 21.4. The van der Waals surface area contributed by atoms with Gasteiger partial charge in [-0.2, -0.15) is 0 Å². The molecule has 0 fully saturated rings. The zero-order valence-electron chi connectivity index (χ0n) is 16.7. The molecule has 0 aliphatic carbocycles. The fraction of sp³-hybridized carbons (Fsp3) is 0.474. The van der Waals surface area contributed by atoms with E-state index in [1.807, 2.05) is 37.1 Å². The Morgan fingerprint density at radius 1 is 1.32 bits per heavy atom. The summed E-state index contributed by atoms with van der Waals surface area (Å²) in [6.45, 7) is 5.41. The molecule has 9 heteroatoms.